The van der Waals surface area contributed by atoms with Crippen LogP contribution in [0.4, 0.5) is 0 Å². The molecule has 1 rings (SSSR count). The summed E-state index contributed by atoms with van der Waals surface area (Å²) in [5, 5.41) is 3.58. The fourth-order valence-electron chi connectivity index (χ4n) is 1.52. The molecule has 1 unspecified atom stereocenters. The van der Waals surface area contributed by atoms with Gasteiger partial charge in [0.1, 0.15) is 0 Å². The van der Waals surface area contributed by atoms with Crippen molar-refractivity contribution in [2.45, 2.75) is 5.92 Å². The summed E-state index contributed by atoms with van der Waals surface area (Å²) in [5.74, 6) is -0.582. The Morgan fingerprint density at radius 2 is 2.12 bits per heavy atom. The van der Waals surface area contributed by atoms with Gasteiger partial charge in [0.15, 0.2) is 0 Å². The Morgan fingerprint density at radius 3 is 2.65 bits per heavy atom. The van der Waals surface area contributed by atoms with Crippen molar-refractivity contribution < 1.29 is 9.53 Å². The summed E-state index contributed by atoms with van der Waals surface area (Å²) in [6, 6.07) is 9.50. The molecule has 92 valence electrons. The number of halogens is 1. The molecule has 1 atom stereocenters. The largest absolute Gasteiger partial charge is 0.469 e. The van der Waals surface area contributed by atoms with Gasteiger partial charge in [-0.1, -0.05) is 48.5 Å². The van der Waals surface area contributed by atoms with E-state index in [0.717, 1.165) is 5.56 Å². The number of nitrogens with one attached hydrogen (secondary N) is 1. The van der Waals surface area contributed by atoms with E-state index in [0.29, 0.717) is 18.1 Å². The van der Waals surface area contributed by atoms with Gasteiger partial charge >= 0.3 is 5.97 Å². The highest BCUT2D eigenvalue weighted by molar-refractivity contribution is 6.29. The molecule has 17 heavy (non-hydrogen) atoms. The standard InChI is InChI=1S/C13H16ClNO2/c1-10(14)8-15-9-12(13(16)17-2)11-6-4-3-5-7-11/h3-7,12,15H,1,8-9H2,2H3. The Balaban J connectivity index is 2.68. The second kappa shape index (κ2) is 7.09. The van der Waals surface area contributed by atoms with E-state index in [1.165, 1.54) is 7.11 Å². The first-order chi connectivity index (χ1) is 8.15. The van der Waals surface area contributed by atoms with E-state index in [2.05, 4.69) is 11.9 Å². The number of benzene rings is 1. The number of carbonyl (C=O) groups excluding carboxylic acids is 1. The minimum absolute atomic E-state index is 0.260. The fraction of sp³-hybridized carbons (Fsp3) is 0.308. The fourth-order valence-corrected chi connectivity index (χ4v) is 1.61. The molecule has 1 aromatic rings. The van der Waals surface area contributed by atoms with Crippen molar-refractivity contribution in [2.24, 2.45) is 0 Å². The van der Waals surface area contributed by atoms with Gasteiger partial charge in [0.05, 0.1) is 13.0 Å². The highest BCUT2D eigenvalue weighted by atomic mass is 35.5. The van der Waals surface area contributed by atoms with E-state index >= 15 is 0 Å². The van der Waals surface area contributed by atoms with E-state index in [4.69, 9.17) is 16.3 Å². The number of hydrogen-bond donors (Lipinski definition) is 1. The zero-order valence-corrected chi connectivity index (χ0v) is 10.5. The molecule has 0 amide bonds. The molecule has 0 fully saturated rings. The number of hydrogen-bond acceptors (Lipinski definition) is 3. The molecule has 0 aliphatic rings. The van der Waals surface area contributed by atoms with Gasteiger partial charge in [0, 0.05) is 18.1 Å². The average molecular weight is 254 g/mol. The summed E-state index contributed by atoms with van der Waals surface area (Å²) >= 11 is 5.65. The molecule has 0 bridgehead atoms. The monoisotopic (exact) mass is 253 g/mol. The zero-order chi connectivity index (χ0) is 12.7. The normalized spacial score (nSPS) is 11.9. The highest BCUT2D eigenvalue weighted by Crippen LogP contribution is 2.16. The lowest BCUT2D eigenvalue weighted by atomic mass is 9.99. The predicted molar refractivity (Wildman–Crippen MR) is 69.1 cm³/mol. The highest BCUT2D eigenvalue weighted by Gasteiger charge is 2.20. The second-order valence-electron chi connectivity index (χ2n) is 3.63. The molecule has 3 nitrogen and oxygen atoms in total. The molecule has 4 heteroatoms. The van der Waals surface area contributed by atoms with Crippen LogP contribution in [0.3, 0.4) is 0 Å². The molecule has 0 aliphatic carbocycles. The van der Waals surface area contributed by atoms with Crippen LogP contribution in [0.5, 0.6) is 0 Å². The minimum Gasteiger partial charge on any atom is -0.469 e. The van der Waals surface area contributed by atoms with E-state index in [9.17, 15) is 4.79 Å². The van der Waals surface area contributed by atoms with Gasteiger partial charge < -0.3 is 10.1 Å². The summed E-state index contributed by atoms with van der Waals surface area (Å²) in [6.45, 7) is 4.53. The molecule has 1 aromatic carbocycles. The van der Waals surface area contributed by atoms with Crippen LogP contribution in [0.15, 0.2) is 41.9 Å². The average Bonchev–Trinajstić information content (AvgIpc) is 2.34. The molecular formula is C13H16ClNO2. The predicted octanol–water partition coefficient (Wildman–Crippen LogP) is 2.29. The molecular weight excluding hydrogens is 238 g/mol. The van der Waals surface area contributed by atoms with Crippen molar-refractivity contribution in [3.8, 4) is 0 Å². The van der Waals surface area contributed by atoms with E-state index < -0.39 is 0 Å². The lowest BCUT2D eigenvalue weighted by Crippen LogP contribution is -2.28. The molecule has 1 N–H and O–H groups in total. The minimum atomic E-state index is -0.322. The van der Waals surface area contributed by atoms with Crippen LogP contribution >= 0.6 is 11.6 Å². The van der Waals surface area contributed by atoms with Crippen LogP contribution in [-0.4, -0.2) is 26.2 Å². The molecule has 0 heterocycles. The molecule has 0 radical (unpaired) electrons. The molecule has 0 aromatic heterocycles. The summed E-state index contributed by atoms with van der Waals surface area (Å²) in [5.41, 5.74) is 0.923. The third-order valence-corrected chi connectivity index (χ3v) is 2.49. The Kier molecular flexibility index (Phi) is 5.73. The third kappa shape index (κ3) is 4.59. The lowest BCUT2D eigenvalue weighted by molar-refractivity contribution is -0.142. The van der Waals surface area contributed by atoms with Crippen molar-refractivity contribution >= 4 is 17.6 Å². The summed E-state index contributed by atoms with van der Waals surface area (Å²) in [6.07, 6.45) is 0. The van der Waals surface area contributed by atoms with Gasteiger partial charge in [0.2, 0.25) is 0 Å². The van der Waals surface area contributed by atoms with Crippen molar-refractivity contribution in [1.29, 1.82) is 0 Å². The third-order valence-electron chi connectivity index (χ3n) is 2.35. The number of methoxy groups -OCH3 is 1. The Morgan fingerprint density at radius 1 is 1.47 bits per heavy atom. The maximum atomic E-state index is 11.7. The zero-order valence-electron chi connectivity index (χ0n) is 9.78. The smallest absolute Gasteiger partial charge is 0.314 e. The number of esters is 1. The first-order valence-electron chi connectivity index (χ1n) is 5.32. The van der Waals surface area contributed by atoms with Crippen LogP contribution in [0.1, 0.15) is 11.5 Å². The van der Waals surface area contributed by atoms with Crippen LogP contribution < -0.4 is 5.32 Å². The van der Waals surface area contributed by atoms with E-state index in [1.54, 1.807) is 0 Å². The van der Waals surface area contributed by atoms with Crippen LogP contribution in [-0.2, 0) is 9.53 Å². The van der Waals surface area contributed by atoms with Crippen LogP contribution in [0, 0.1) is 0 Å². The van der Waals surface area contributed by atoms with Gasteiger partial charge in [-0.15, -0.1) is 0 Å². The summed E-state index contributed by atoms with van der Waals surface area (Å²) < 4.78 is 4.79. The van der Waals surface area contributed by atoms with E-state index in [1.807, 2.05) is 30.3 Å². The SMILES string of the molecule is C=C(Cl)CNCC(C(=O)OC)c1ccccc1. The molecule has 0 aliphatic heterocycles. The summed E-state index contributed by atoms with van der Waals surface area (Å²) in [7, 11) is 1.39. The van der Waals surface area contributed by atoms with Gasteiger partial charge in [-0.3, -0.25) is 4.79 Å². The lowest BCUT2D eigenvalue weighted by Gasteiger charge is -2.15. The van der Waals surface area contributed by atoms with Gasteiger partial charge in [0.25, 0.3) is 0 Å². The Labute approximate surface area is 106 Å². The first kappa shape index (κ1) is 13.7. The number of rotatable bonds is 6. The van der Waals surface area contributed by atoms with Crippen molar-refractivity contribution in [3.05, 3.63) is 47.5 Å². The summed E-state index contributed by atoms with van der Waals surface area (Å²) in [4.78, 5) is 11.7. The van der Waals surface area contributed by atoms with Crippen molar-refractivity contribution in [3.63, 3.8) is 0 Å². The van der Waals surface area contributed by atoms with Crippen LogP contribution in [0.2, 0.25) is 0 Å². The molecule has 0 spiro atoms. The molecule has 0 saturated carbocycles. The van der Waals surface area contributed by atoms with Crippen molar-refractivity contribution in [2.75, 3.05) is 20.2 Å². The number of carbonyl (C=O) groups is 1. The topological polar surface area (TPSA) is 38.3 Å². The van der Waals surface area contributed by atoms with E-state index in [-0.39, 0.29) is 11.9 Å². The maximum Gasteiger partial charge on any atom is 0.314 e. The van der Waals surface area contributed by atoms with Gasteiger partial charge in [-0.05, 0) is 5.56 Å². The van der Waals surface area contributed by atoms with Gasteiger partial charge in [-0.25, -0.2) is 0 Å². The number of ether oxygens (including phenoxy) is 1. The Hall–Kier alpha value is -1.32. The second-order valence-corrected chi connectivity index (χ2v) is 4.17. The maximum absolute atomic E-state index is 11.7. The van der Waals surface area contributed by atoms with Crippen LogP contribution in [0.25, 0.3) is 0 Å². The quantitative estimate of drug-likeness (QED) is 0.791. The van der Waals surface area contributed by atoms with Crippen molar-refractivity contribution in [1.82, 2.24) is 5.32 Å². The first-order valence-corrected chi connectivity index (χ1v) is 5.69. The Bertz CT molecular complexity index is 378. The molecule has 0 saturated heterocycles. The van der Waals surface area contributed by atoms with Gasteiger partial charge in [-0.2, -0.15) is 0 Å².